The number of hydrogen-bond acceptors (Lipinski definition) is 6. The zero-order valence-electron chi connectivity index (χ0n) is 15.5. The van der Waals surface area contributed by atoms with E-state index in [1.54, 1.807) is 0 Å². The summed E-state index contributed by atoms with van der Waals surface area (Å²) in [5.74, 6) is 0.372. The number of piperidine rings is 1. The van der Waals surface area contributed by atoms with E-state index in [2.05, 4.69) is 15.3 Å². The molecular weight excluding hydrogens is 388 g/mol. The first-order valence-corrected chi connectivity index (χ1v) is 10.6. The number of carbonyl (C=O) groups is 1. The molecule has 0 aliphatic carbocycles. The summed E-state index contributed by atoms with van der Waals surface area (Å²) in [6, 6.07) is 19.6. The quantitative estimate of drug-likeness (QED) is 0.459. The number of nitrogens with one attached hydrogen (secondary N) is 1. The van der Waals surface area contributed by atoms with Gasteiger partial charge in [-0.25, -0.2) is 4.68 Å². The molecule has 5 nitrogen and oxygen atoms in total. The highest BCUT2D eigenvalue weighted by Crippen LogP contribution is 2.24. The number of likely N-dealkylation sites (tertiary alicyclic amines) is 1. The van der Waals surface area contributed by atoms with Crippen LogP contribution in [0.25, 0.3) is 0 Å². The molecule has 1 fully saturated rings. The van der Waals surface area contributed by atoms with Crippen molar-refractivity contribution < 1.29 is 4.79 Å². The molecule has 0 unspecified atom stereocenters. The van der Waals surface area contributed by atoms with Crippen molar-refractivity contribution in [1.82, 2.24) is 14.7 Å². The maximum absolute atomic E-state index is 12.6. The molecule has 0 atom stereocenters. The van der Waals surface area contributed by atoms with E-state index in [4.69, 9.17) is 12.2 Å². The van der Waals surface area contributed by atoms with E-state index in [-0.39, 0.29) is 11.7 Å². The van der Waals surface area contributed by atoms with Crippen LogP contribution < -0.4 is 5.32 Å². The lowest BCUT2D eigenvalue weighted by molar-refractivity contribution is 0.0804. The molecule has 2 heterocycles. The molecule has 28 heavy (non-hydrogen) atoms. The largest absolute Gasteiger partial charge is 0.330 e. The number of Topliss-reactive ketones (excluding diaryl/α,β-unsaturated/α-hetero) is 1. The summed E-state index contributed by atoms with van der Waals surface area (Å²) in [6.07, 6.45) is 1.75. The van der Waals surface area contributed by atoms with Crippen LogP contribution in [0.3, 0.4) is 0 Å². The second-order valence-corrected chi connectivity index (χ2v) is 8.55. The molecule has 0 saturated carbocycles. The van der Waals surface area contributed by atoms with Gasteiger partial charge in [0, 0.05) is 30.3 Å². The summed E-state index contributed by atoms with van der Waals surface area (Å²) in [6.45, 7) is 2.42. The summed E-state index contributed by atoms with van der Waals surface area (Å²) in [5.41, 5.74) is 1.82. The second kappa shape index (κ2) is 8.77. The number of benzene rings is 2. The van der Waals surface area contributed by atoms with E-state index < -0.39 is 0 Å². The fourth-order valence-electron chi connectivity index (χ4n) is 3.46. The Hall–Kier alpha value is -2.35. The van der Waals surface area contributed by atoms with Gasteiger partial charge in [-0.15, -0.1) is 5.10 Å². The fourth-order valence-corrected chi connectivity index (χ4v) is 4.47. The lowest BCUT2D eigenvalue weighted by atomic mass is 9.89. The van der Waals surface area contributed by atoms with Gasteiger partial charge in [-0.2, -0.15) is 0 Å². The Morgan fingerprint density at radius 2 is 1.71 bits per heavy atom. The van der Waals surface area contributed by atoms with Gasteiger partial charge < -0.3 is 5.32 Å². The summed E-state index contributed by atoms with van der Waals surface area (Å²) in [7, 11) is 0. The van der Waals surface area contributed by atoms with E-state index in [0.29, 0.717) is 6.67 Å². The molecule has 7 heteroatoms. The third-order valence-electron chi connectivity index (χ3n) is 4.98. The van der Waals surface area contributed by atoms with Crippen LogP contribution in [0.5, 0.6) is 0 Å². The molecule has 4 rings (SSSR count). The molecule has 1 N–H and O–H groups in total. The van der Waals surface area contributed by atoms with Crippen molar-refractivity contribution in [2.45, 2.75) is 19.5 Å². The van der Waals surface area contributed by atoms with Crippen LogP contribution in [0.2, 0.25) is 0 Å². The first-order valence-electron chi connectivity index (χ1n) is 9.41. The van der Waals surface area contributed by atoms with Crippen LogP contribution in [0.15, 0.2) is 60.7 Å². The smallest absolute Gasteiger partial charge is 0.209 e. The first-order chi connectivity index (χ1) is 13.7. The molecule has 0 radical (unpaired) electrons. The normalized spacial score (nSPS) is 15.4. The number of para-hydroxylation sites is 1. The lowest BCUT2D eigenvalue weighted by Gasteiger charge is -2.30. The monoisotopic (exact) mass is 410 g/mol. The average molecular weight is 411 g/mol. The summed E-state index contributed by atoms with van der Waals surface area (Å²) < 4.78 is 2.62. The third kappa shape index (κ3) is 4.55. The highest BCUT2D eigenvalue weighted by Gasteiger charge is 2.26. The van der Waals surface area contributed by atoms with Crippen molar-refractivity contribution in [3.63, 3.8) is 0 Å². The number of rotatable bonds is 6. The molecule has 1 aliphatic rings. The maximum atomic E-state index is 12.6. The van der Waals surface area contributed by atoms with Gasteiger partial charge in [-0.3, -0.25) is 9.69 Å². The number of nitrogens with zero attached hydrogens (tertiary/aromatic N) is 3. The minimum atomic E-state index is 0.109. The van der Waals surface area contributed by atoms with Crippen LogP contribution in [-0.4, -0.2) is 33.6 Å². The predicted molar refractivity (Wildman–Crippen MR) is 116 cm³/mol. The van der Waals surface area contributed by atoms with E-state index >= 15 is 0 Å². The van der Waals surface area contributed by atoms with Crippen molar-refractivity contribution in [2.24, 2.45) is 5.92 Å². The van der Waals surface area contributed by atoms with E-state index in [0.717, 1.165) is 46.3 Å². The van der Waals surface area contributed by atoms with Gasteiger partial charge in [0.1, 0.15) is 0 Å². The standard InChI is InChI=1S/C21H22N4OS2/c26-19(16-7-3-1-4-8-16)17-11-13-24(14-12-17)15-25-21(27)28-20(23-25)22-18-9-5-2-6-10-18/h1-10,17H,11-15H2,(H,22,23). The van der Waals surface area contributed by atoms with Crippen LogP contribution >= 0.6 is 23.6 Å². The molecular formula is C21H22N4OS2. The van der Waals surface area contributed by atoms with Gasteiger partial charge in [0.05, 0.1) is 6.67 Å². The Labute approximate surface area is 173 Å². The second-order valence-electron chi connectivity index (χ2n) is 6.93. The van der Waals surface area contributed by atoms with Gasteiger partial charge in [0.15, 0.2) is 9.74 Å². The molecule has 0 amide bonds. The van der Waals surface area contributed by atoms with Gasteiger partial charge in [0.2, 0.25) is 5.13 Å². The van der Waals surface area contributed by atoms with E-state index in [9.17, 15) is 4.79 Å². The molecule has 1 aromatic heterocycles. The summed E-state index contributed by atoms with van der Waals surface area (Å²) in [4.78, 5) is 15.0. The van der Waals surface area contributed by atoms with Crippen LogP contribution in [0.4, 0.5) is 10.8 Å². The minimum Gasteiger partial charge on any atom is -0.330 e. The zero-order chi connectivity index (χ0) is 19.3. The van der Waals surface area contributed by atoms with Gasteiger partial charge in [-0.05, 0) is 37.2 Å². The SMILES string of the molecule is O=C(c1ccccc1)C1CCN(Cn2nc(Nc3ccccc3)sc2=S)CC1. The minimum absolute atomic E-state index is 0.109. The Balaban J connectivity index is 1.34. The van der Waals surface area contributed by atoms with Crippen molar-refractivity contribution in [1.29, 1.82) is 0 Å². The molecule has 1 saturated heterocycles. The van der Waals surface area contributed by atoms with Crippen LogP contribution in [0.1, 0.15) is 23.2 Å². The van der Waals surface area contributed by atoms with Gasteiger partial charge in [0.25, 0.3) is 0 Å². The number of anilines is 2. The molecule has 0 spiro atoms. The van der Waals surface area contributed by atoms with E-state index in [1.165, 1.54) is 11.3 Å². The van der Waals surface area contributed by atoms with Crippen LogP contribution in [0, 0.1) is 9.87 Å². The Kier molecular flexibility index (Phi) is 5.95. The molecule has 0 bridgehead atoms. The number of carbonyl (C=O) groups excluding carboxylic acids is 1. The first kappa shape index (κ1) is 19.0. The van der Waals surface area contributed by atoms with Crippen LogP contribution in [-0.2, 0) is 6.67 Å². The Morgan fingerprint density at radius 3 is 2.39 bits per heavy atom. The lowest BCUT2D eigenvalue weighted by Crippen LogP contribution is -2.37. The van der Waals surface area contributed by atoms with Gasteiger partial charge in [-0.1, -0.05) is 59.9 Å². The predicted octanol–water partition coefficient (Wildman–Crippen LogP) is 4.97. The highest BCUT2D eigenvalue weighted by atomic mass is 32.1. The average Bonchev–Trinajstić information content (AvgIpc) is 3.08. The fraction of sp³-hybridized carbons (Fsp3) is 0.286. The Bertz CT molecular complexity index is 976. The Morgan fingerprint density at radius 1 is 1.07 bits per heavy atom. The zero-order valence-corrected chi connectivity index (χ0v) is 17.1. The van der Waals surface area contributed by atoms with Crippen molar-refractivity contribution >= 4 is 40.2 Å². The summed E-state index contributed by atoms with van der Waals surface area (Å²) >= 11 is 6.96. The highest BCUT2D eigenvalue weighted by molar-refractivity contribution is 7.73. The van der Waals surface area contributed by atoms with Crippen molar-refractivity contribution in [2.75, 3.05) is 18.4 Å². The number of hydrogen-bond donors (Lipinski definition) is 1. The molecule has 2 aromatic carbocycles. The topological polar surface area (TPSA) is 50.2 Å². The summed E-state index contributed by atoms with van der Waals surface area (Å²) in [5, 5.41) is 8.71. The maximum Gasteiger partial charge on any atom is 0.209 e. The third-order valence-corrected chi connectivity index (χ3v) is 6.21. The molecule has 1 aliphatic heterocycles. The number of aromatic nitrogens is 2. The molecule has 144 valence electrons. The van der Waals surface area contributed by atoms with Crippen molar-refractivity contribution in [3.8, 4) is 0 Å². The van der Waals surface area contributed by atoms with Gasteiger partial charge >= 0.3 is 0 Å². The van der Waals surface area contributed by atoms with Crippen molar-refractivity contribution in [3.05, 3.63) is 70.2 Å². The van der Waals surface area contributed by atoms with E-state index in [1.807, 2.05) is 65.3 Å². The number of ketones is 1. The molecule has 3 aromatic rings.